The first-order chi connectivity index (χ1) is 19.7. The third-order valence-corrected chi connectivity index (χ3v) is 19.1. The molecular weight excluding hydrogens is 605 g/mol. The molecule has 16 heteroatoms. The van der Waals surface area contributed by atoms with Crippen LogP contribution in [0.5, 0.6) is 0 Å². The second-order valence-corrected chi connectivity index (χ2v) is 20.7. The van der Waals surface area contributed by atoms with Crippen LogP contribution < -0.4 is 0 Å². The van der Waals surface area contributed by atoms with Crippen LogP contribution in [0.15, 0.2) is 0 Å². The number of hydrogen-bond acceptors (Lipinski definition) is 12. The zero-order valence-corrected chi connectivity index (χ0v) is 31.5. The van der Waals surface area contributed by atoms with Crippen LogP contribution in [0, 0.1) is 0 Å². The van der Waals surface area contributed by atoms with Crippen LogP contribution in [0.3, 0.4) is 0 Å². The predicted molar refractivity (Wildman–Crippen MR) is 164 cm³/mol. The van der Waals surface area contributed by atoms with E-state index in [-0.39, 0.29) is 0 Å². The third kappa shape index (κ3) is 15.3. The summed E-state index contributed by atoms with van der Waals surface area (Å²) in [5.41, 5.74) is 0. The molecule has 0 fully saturated rings. The van der Waals surface area contributed by atoms with Gasteiger partial charge in [-0.25, -0.2) is 0 Å². The molecule has 41 heavy (non-hydrogen) atoms. The van der Waals surface area contributed by atoms with Crippen LogP contribution in [0.2, 0.25) is 6.04 Å². The summed E-state index contributed by atoms with van der Waals surface area (Å²) in [6.07, 6.45) is 17.2. The molecule has 0 bridgehead atoms. The Labute approximate surface area is 254 Å². The van der Waals surface area contributed by atoms with E-state index in [1.807, 2.05) is 0 Å². The van der Waals surface area contributed by atoms with Gasteiger partial charge < -0.3 is 52.2 Å². The van der Waals surface area contributed by atoms with Crippen LogP contribution in [-0.4, -0.2) is 99.9 Å². The Kier molecular flexibility index (Phi) is 24.0. The van der Waals surface area contributed by atoms with E-state index in [0.29, 0.717) is 6.04 Å². The number of rotatable bonds is 30. The summed E-state index contributed by atoms with van der Waals surface area (Å²) in [5, 5.41) is 0. The minimum atomic E-state index is -3.93. The van der Waals surface area contributed by atoms with Gasteiger partial charge in [0.1, 0.15) is 0 Å². The first kappa shape index (κ1) is 41.4. The molecule has 0 aliphatic heterocycles. The third-order valence-electron chi connectivity index (χ3n) is 6.93. The minimum Gasteiger partial charge on any atom is -0.355 e. The van der Waals surface area contributed by atoms with Crippen molar-refractivity contribution < 1.29 is 52.2 Å². The SMILES string of the molecule is CCCCCCCCCCCCCCCC[Si](O[Si](OC)(OC)OC)(O[Si](OC)(OC)OC)O[Si](OC)(OC)OC. The van der Waals surface area contributed by atoms with E-state index in [2.05, 4.69) is 6.92 Å². The number of hydrogen-bond donors (Lipinski definition) is 0. The zero-order chi connectivity index (χ0) is 31.1. The maximum absolute atomic E-state index is 6.46. The summed E-state index contributed by atoms with van der Waals surface area (Å²) < 4.78 is 69.6. The molecule has 0 amide bonds. The Bertz CT molecular complexity index is 531. The van der Waals surface area contributed by atoms with Crippen molar-refractivity contribution >= 4 is 35.9 Å². The second kappa shape index (κ2) is 23.7. The summed E-state index contributed by atoms with van der Waals surface area (Å²) in [7, 11) is -2.14. The lowest BCUT2D eigenvalue weighted by Crippen LogP contribution is -2.69. The summed E-state index contributed by atoms with van der Waals surface area (Å²) in [5.74, 6) is 0. The topological polar surface area (TPSA) is 111 Å². The first-order valence-electron chi connectivity index (χ1n) is 14.8. The zero-order valence-electron chi connectivity index (χ0n) is 27.5. The smallest absolute Gasteiger partial charge is 0.355 e. The molecule has 0 rings (SSSR count). The molecule has 0 aromatic rings. The van der Waals surface area contributed by atoms with E-state index in [9.17, 15) is 0 Å². The van der Waals surface area contributed by atoms with Gasteiger partial charge in [-0.1, -0.05) is 90.4 Å². The molecule has 0 saturated carbocycles. The van der Waals surface area contributed by atoms with Gasteiger partial charge in [-0.05, 0) is 6.42 Å². The van der Waals surface area contributed by atoms with Gasteiger partial charge in [0.15, 0.2) is 0 Å². The normalized spacial score (nSPS) is 13.3. The van der Waals surface area contributed by atoms with Crippen molar-refractivity contribution in [2.45, 2.75) is 103 Å². The quantitative estimate of drug-likeness (QED) is 0.0706. The molecule has 0 atom stereocenters. The maximum atomic E-state index is 6.46. The van der Waals surface area contributed by atoms with Gasteiger partial charge in [-0.15, -0.1) is 0 Å². The van der Waals surface area contributed by atoms with Crippen LogP contribution >= 0.6 is 0 Å². The molecular formula is C25H60O12Si4. The Morgan fingerprint density at radius 3 is 0.756 bits per heavy atom. The highest BCUT2D eigenvalue weighted by Gasteiger charge is 2.65. The Hall–Kier alpha value is 0.388. The molecule has 0 saturated heterocycles. The van der Waals surface area contributed by atoms with Crippen molar-refractivity contribution in [3.8, 4) is 0 Å². The molecule has 0 heterocycles. The molecule has 0 spiro atoms. The first-order valence-corrected chi connectivity index (χ1v) is 21.6. The predicted octanol–water partition coefficient (Wildman–Crippen LogP) is 5.58. The maximum Gasteiger partial charge on any atom is 0.671 e. The van der Waals surface area contributed by atoms with Crippen LogP contribution in [-0.2, 0) is 52.2 Å². The minimum absolute atomic E-state index is 0.339. The fraction of sp³-hybridized carbons (Fsp3) is 1.00. The van der Waals surface area contributed by atoms with Crippen molar-refractivity contribution in [3.05, 3.63) is 0 Å². The van der Waals surface area contributed by atoms with Gasteiger partial charge in [0.05, 0.1) is 0 Å². The summed E-state index contributed by atoms with van der Waals surface area (Å²) in [6, 6.07) is 0.339. The van der Waals surface area contributed by atoms with Crippen LogP contribution in [0.25, 0.3) is 0 Å². The van der Waals surface area contributed by atoms with Crippen molar-refractivity contribution in [3.63, 3.8) is 0 Å². The summed E-state index contributed by atoms with van der Waals surface area (Å²) >= 11 is 0. The summed E-state index contributed by atoms with van der Waals surface area (Å²) in [6.45, 7) is 2.26. The lowest BCUT2D eigenvalue weighted by molar-refractivity contribution is -0.0260. The monoisotopic (exact) mass is 664 g/mol. The van der Waals surface area contributed by atoms with E-state index >= 15 is 0 Å². The van der Waals surface area contributed by atoms with Gasteiger partial charge in [0.2, 0.25) is 0 Å². The van der Waals surface area contributed by atoms with Crippen LogP contribution in [0.4, 0.5) is 0 Å². The van der Waals surface area contributed by atoms with Crippen molar-refractivity contribution in [1.82, 2.24) is 0 Å². The molecule has 12 nitrogen and oxygen atoms in total. The average molecular weight is 665 g/mol. The van der Waals surface area contributed by atoms with E-state index in [1.165, 1.54) is 135 Å². The number of unbranched alkanes of at least 4 members (excludes halogenated alkanes) is 13. The highest BCUT2D eigenvalue weighted by molar-refractivity contribution is 6.82. The second-order valence-electron chi connectivity index (χ2n) is 9.67. The average Bonchev–Trinajstić information content (AvgIpc) is 3.02. The van der Waals surface area contributed by atoms with E-state index in [4.69, 9.17) is 52.2 Å². The molecule has 0 aliphatic carbocycles. The van der Waals surface area contributed by atoms with Crippen molar-refractivity contribution in [2.75, 3.05) is 64.0 Å². The van der Waals surface area contributed by atoms with Gasteiger partial charge >= 0.3 is 35.9 Å². The molecule has 0 radical (unpaired) electrons. The van der Waals surface area contributed by atoms with Gasteiger partial charge in [-0.2, -0.15) is 0 Å². The standard InChI is InChI=1S/C25H60O12Si4/c1-11-12-13-14-15-16-17-18-19-20-21-22-23-24-25-38(35-39(26-2,27-3)28-4,36-40(29-5,30-6)31-7)37-41(32-8,33-9)34-10/h11-25H2,1-10H3. The fourth-order valence-corrected chi connectivity index (χ4v) is 17.1. The lowest BCUT2D eigenvalue weighted by atomic mass is 10.0. The molecule has 0 aromatic heterocycles. The Morgan fingerprint density at radius 1 is 0.317 bits per heavy atom. The molecule has 0 aliphatic rings. The van der Waals surface area contributed by atoms with Gasteiger partial charge in [0, 0.05) is 70.0 Å². The van der Waals surface area contributed by atoms with E-state index < -0.39 is 35.9 Å². The van der Waals surface area contributed by atoms with Crippen molar-refractivity contribution in [1.29, 1.82) is 0 Å². The Balaban J connectivity index is 5.44. The highest BCUT2D eigenvalue weighted by Crippen LogP contribution is 2.32. The molecule has 0 N–H and O–H groups in total. The van der Waals surface area contributed by atoms with E-state index in [0.717, 1.165) is 19.3 Å². The van der Waals surface area contributed by atoms with Gasteiger partial charge in [0.25, 0.3) is 0 Å². The van der Waals surface area contributed by atoms with Crippen LogP contribution in [0.1, 0.15) is 96.8 Å². The Morgan fingerprint density at radius 2 is 0.537 bits per heavy atom. The molecule has 0 unspecified atom stereocenters. The van der Waals surface area contributed by atoms with Gasteiger partial charge in [-0.3, -0.25) is 0 Å². The summed E-state index contributed by atoms with van der Waals surface area (Å²) in [4.78, 5) is 0. The highest BCUT2D eigenvalue weighted by atomic mass is 28.5. The molecule has 248 valence electrons. The lowest BCUT2D eigenvalue weighted by Gasteiger charge is -2.41. The van der Waals surface area contributed by atoms with E-state index in [1.54, 1.807) is 0 Å². The molecule has 0 aromatic carbocycles. The fourth-order valence-electron chi connectivity index (χ4n) is 4.45. The van der Waals surface area contributed by atoms with Crippen molar-refractivity contribution in [2.24, 2.45) is 0 Å². The largest absolute Gasteiger partial charge is 0.671 e.